The van der Waals surface area contributed by atoms with Crippen LogP contribution in [0.25, 0.3) is 5.53 Å². The van der Waals surface area contributed by atoms with E-state index in [0.717, 1.165) is 0 Å². The van der Waals surface area contributed by atoms with E-state index in [0.29, 0.717) is 17.9 Å². The van der Waals surface area contributed by atoms with Crippen molar-refractivity contribution in [2.24, 2.45) is 0 Å². The van der Waals surface area contributed by atoms with Crippen LogP contribution in [0.3, 0.4) is 0 Å². The first-order chi connectivity index (χ1) is 8.06. The molecular weight excluding hydrogens is 244 g/mol. The monoisotopic (exact) mass is 260 g/mol. The molecule has 7 heteroatoms. The highest BCUT2D eigenvalue weighted by Gasteiger charge is 2.30. The van der Waals surface area contributed by atoms with Crippen LogP contribution in [0.2, 0.25) is 0 Å². The van der Waals surface area contributed by atoms with E-state index in [1.807, 2.05) is 0 Å². The molecule has 0 aliphatic rings. The molecule has 1 atom stereocenters. The molecule has 0 rings (SSSR count). The van der Waals surface area contributed by atoms with Gasteiger partial charge in [-0.1, -0.05) is 6.92 Å². The van der Waals surface area contributed by atoms with Crippen LogP contribution in [0.15, 0.2) is 0 Å². The molecule has 0 bridgehead atoms. The summed E-state index contributed by atoms with van der Waals surface area (Å²) in [5.74, 6) is -0.604. The van der Waals surface area contributed by atoms with Crippen molar-refractivity contribution in [3.05, 3.63) is 5.53 Å². The molecule has 0 aromatic rings. The lowest BCUT2D eigenvalue weighted by atomic mass is 10.1. The van der Waals surface area contributed by atoms with Crippen LogP contribution < -0.4 is 0 Å². The van der Waals surface area contributed by atoms with Crippen LogP contribution in [0.5, 0.6) is 0 Å². The smallest absolute Gasteiger partial charge is 0.441 e. The fourth-order valence-electron chi connectivity index (χ4n) is 1.07. The Kier molecular flexibility index (Phi) is 8.09. The van der Waals surface area contributed by atoms with Crippen molar-refractivity contribution < 1.29 is 23.3 Å². The van der Waals surface area contributed by atoms with Crippen LogP contribution >= 0.6 is 0 Å². The maximum atomic E-state index is 11.5. The molecule has 0 heterocycles. The zero-order valence-electron chi connectivity index (χ0n) is 9.97. The SMILES string of the molecule is CCOC(=O)C(=[N+]=[N-])C(=O)CCCS(=O)CC. The highest BCUT2D eigenvalue weighted by molar-refractivity contribution is 7.84. The van der Waals surface area contributed by atoms with Gasteiger partial charge in [-0.2, -0.15) is 4.79 Å². The number of carbonyl (C=O) groups excluding carboxylic acids is 2. The van der Waals surface area contributed by atoms with Gasteiger partial charge in [-0.05, 0) is 13.3 Å². The van der Waals surface area contributed by atoms with Gasteiger partial charge in [-0.3, -0.25) is 9.00 Å². The minimum absolute atomic E-state index is 0.0178. The third kappa shape index (κ3) is 6.09. The van der Waals surface area contributed by atoms with E-state index in [4.69, 9.17) is 5.53 Å². The topological polar surface area (TPSA) is 96.8 Å². The van der Waals surface area contributed by atoms with Gasteiger partial charge in [0.25, 0.3) is 5.78 Å². The average Bonchev–Trinajstić information content (AvgIpc) is 2.30. The van der Waals surface area contributed by atoms with Crippen LogP contribution in [0, 0.1) is 0 Å². The molecular formula is C10H16N2O4S. The molecule has 0 aromatic carbocycles. The van der Waals surface area contributed by atoms with Crippen molar-refractivity contribution in [1.29, 1.82) is 0 Å². The normalized spacial score (nSPS) is 11.4. The van der Waals surface area contributed by atoms with E-state index < -0.39 is 28.3 Å². The predicted octanol–water partition coefficient (Wildman–Crippen LogP) is 0.338. The Morgan fingerprint density at radius 1 is 1.35 bits per heavy atom. The molecule has 0 radical (unpaired) electrons. The van der Waals surface area contributed by atoms with E-state index in [1.54, 1.807) is 13.8 Å². The number of rotatable bonds is 8. The number of carbonyl (C=O) groups is 2. The van der Waals surface area contributed by atoms with Gasteiger partial charge in [0, 0.05) is 28.7 Å². The van der Waals surface area contributed by atoms with E-state index in [2.05, 4.69) is 9.53 Å². The first-order valence-corrected chi connectivity index (χ1v) is 6.82. The number of Topliss-reactive ketones (excluding diaryl/α,β-unsaturated/α-hetero) is 1. The summed E-state index contributed by atoms with van der Waals surface area (Å²) in [4.78, 5) is 25.3. The lowest BCUT2D eigenvalue weighted by Crippen LogP contribution is -2.27. The fraction of sp³-hybridized carbons (Fsp3) is 0.700. The van der Waals surface area contributed by atoms with E-state index in [9.17, 15) is 13.8 Å². The Bertz CT molecular complexity index is 361. The van der Waals surface area contributed by atoms with Gasteiger partial charge in [0.2, 0.25) is 0 Å². The highest BCUT2D eigenvalue weighted by Crippen LogP contribution is 1.97. The highest BCUT2D eigenvalue weighted by atomic mass is 32.2. The molecule has 17 heavy (non-hydrogen) atoms. The largest absolute Gasteiger partial charge is 0.457 e. The quantitative estimate of drug-likeness (QED) is 0.206. The summed E-state index contributed by atoms with van der Waals surface area (Å²) in [6.07, 6.45) is 0.404. The Morgan fingerprint density at radius 2 is 2.00 bits per heavy atom. The molecule has 6 nitrogen and oxygen atoms in total. The molecule has 0 amide bonds. The van der Waals surface area contributed by atoms with Crippen molar-refractivity contribution >= 4 is 28.3 Å². The second-order valence-electron chi connectivity index (χ2n) is 3.13. The first kappa shape index (κ1) is 15.7. The summed E-state index contributed by atoms with van der Waals surface area (Å²) in [7, 11) is -0.943. The van der Waals surface area contributed by atoms with Crippen LogP contribution in [-0.4, -0.2) is 44.6 Å². The maximum absolute atomic E-state index is 11.5. The summed E-state index contributed by atoms with van der Waals surface area (Å²) in [5, 5.41) is 0. The van der Waals surface area contributed by atoms with E-state index in [-0.39, 0.29) is 13.0 Å². The summed E-state index contributed by atoms with van der Waals surface area (Å²) in [5.41, 5.74) is 7.95. The van der Waals surface area contributed by atoms with Crippen LogP contribution in [0.4, 0.5) is 0 Å². The second-order valence-corrected chi connectivity index (χ2v) is 4.99. The third-order valence-corrected chi connectivity index (χ3v) is 3.32. The summed E-state index contributed by atoms with van der Waals surface area (Å²) < 4.78 is 15.7. The van der Waals surface area contributed by atoms with Crippen LogP contribution in [0.1, 0.15) is 26.7 Å². The van der Waals surface area contributed by atoms with Crippen molar-refractivity contribution in [2.75, 3.05) is 18.1 Å². The lowest BCUT2D eigenvalue weighted by Gasteiger charge is -1.98. The van der Waals surface area contributed by atoms with E-state index >= 15 is 0 Å². The molecule has 1 unspecified atom stereocenters. The number of ketones is 1. The average molecular weight is 260 g/mol. The molecule has 0 fully saturated rings. The molecule has 0 saturated carbocycles. The number of hydrogen-bond acceptors (Lipinski definition) is 4. The number of hydrogen-bond donors (Lipinski definition) is 0. The summed E-state index contributed by atoms with van der Waals surface area (Å²) in [6, 6.07) is 0. The number of nitrogens with zero attached hydrogens (tertiary/aromatic N) is 2. The molecule has 0 aromatic heterocycles. The standard InChI is InChI=1S/C10H16N2O4S/c1-3-16-10(14)9(12-11)8(13)6-5-7-17(15)4-2/h3-7H2,1-2H3. The third-order valence-electron chi connectivity index (χ3n) is 1.93. The van der Waals surface area contributed by atoms with Gasteiger partial charge in [-0.15, -0.1) is 0 Å². The summed E-state index contributed by atoms with van der Waals surface area (Å²) >= 11 is 0. The van der Waals surface area contributed by atoms with Crippen molar-refractivity contribution in [2.45, 2.75) is 26.7 Å². The Labute approximate surface area is 102 Å². The van der Waals surface area contributed by atoms with Gasteiger partial charge < -0.3 is 10.3 Å². The molecule has 0 aliphatic heterocycles. The molecule has 0 spiro atoms. The van der Waals surface area contributed by atoms with Crippen LogP contribution in [-0.2, 0) is 25.1 Å². The predicted molar refractivity (Wildman–Crippen MR) is 63.1 cm³/mol. The van der Waals surface area contributed by atoms with Gasteiger partial charge in [0.05, 0.1) is 6.61 Å². The van der Waals surface area contributed by atoms with Crippen molar-refractivity contribution in [3.63, 3.8) is 0 Å². The summed E-state index contributed by atoms with van der Waals surface area (Å²) in [6.45, 7) is 3.48. The molecule has 96 valence electrons. The first-order valence-electron chi connectivity index (χ1n) is 5.34. The lowest BCUT2D eigenvalue weighted by molar-refractivity contribution is -0.141. The van der Waals surface area contributed by atoms with Gasteiger partial charge >= 0.3 is 11.7 Å². The van der Waals surface area contributed by atoms with Crippen molar-refractivity contribution in [1.82, 2.24) is 0 Å². The van der Waals surface area contributed by atoms with Gasteiger partial charge in [-0.25, -0.2) is 4.79 Å². The Hall–Kier alpha value is -1.33. The van der Waals surface area contributed by atoms with Gasteiger partial charge in [0.15, 0.2) is 0 Å². The van der Waals surface area contributed by atoms with Crippen molar-refractivity contribution in [3.8, 4) is 0 Å². The Morgan fingerprint density at radius 3 is 2.47 bits per heavy atom. The second kappa shape index (κ2) is 8.78. The number of esters is 1. The minimum Gasteiger partial charge on any atom is -0.457 e. The molecule has 0 saturated heterocycles. The zero-order valence-corrected chi connectivity index (χ0v) is 10.8. The zero-order chi connectivity index (χ0) is 13.3. The van der Waals surface area contributed by atoms with E-state index in [1.165, 1.54) is 0 Å². The fourth-order valence-corrected chi connectivity index (χ4v) is 1.82. The molecule has 0 N–H and O–H groups in total. The molecule has 0 aliphatic carbocycles. The van der Waals surface area contributed by atoms with Gasteiger partial charge in [0.1, 0.15) is 0 Å². The Balaban J connectivity index is 4.25. The maximum Gasteiger partial charge on any atom is 0.441 e. The minimum atomic E-state index is -0.943. The number of ether oxygens (including phenoxy) is 1.